The Hall–Kier alpha value is -1.02. The number of carbonyl (C=O) groups is 1. The molecular formula is C13H15ClO2. The van der Waals surface area contributed by atoms with Gasteiger partial charge in [-0.25, -0.2) is 0 Å². The SMILES string of the molecule is Cc1cc(C)c(C2(CC(=O)O)CC2)cc1Cl. The average molecular weight is 239 g/mol. The molecule has 1 aromatic carbocycles. The molecule has 0 spiro atoms. The van der Waals surface area contributed by atoms with Crippen LogP contribution in [0.1, 0.15) is 36.0 Å². The molecular weight excluding hydrogens is 224 g/mol. The minimum atomic E-state index is -0.728. The van der Waals surface area contributed by atoms with Crippen LogP contribution in [0, 0.1) is 13.8 Å². The molecule has 1 aliphatic carbocycles. The van der Waals surface area contributed by atoms with Gasteiger partial charge in [-0.15, -0.1) is 0 Å². The highest BCUT2D eigenvalue weighted by Gasteiger charge is 2.46. The van der Waals surface area contributed by atoms with E-state index in [-0.39, 0.29) is 11.8 Å². The largest absolute Gasteiger partial charge is 0.481 e. The molecule has 0 atom stereocenters. The van der Waals surface area contributed by atoms with E-state index in [4.69, 9.17) is 16.7 Å². The molecule has 0 aliphatic heterocycles. The van der Waals surface area contributed by atoms with Gasteiger partial charge in [-0.05, 0) is 49.4 Å². The minimum Gasteiger partial charge on any atom is -0.481 e. The number of rotatable bonds is 3. The lowest BCUT2D eigenvalue weighted by Crippen LogP contribution is -2.14. The molecule has 0 amide bonds. The van der Waals surface area contributed by atoms with Crippen LogP contribution in [0.2, 0.25) is 5.02 Å². The Morgan fingerprint density at radius 2 is 2.00 bits per heavy atom. The standard InChI is InChI=1S/C13H15ClO2/c1-8-5-9(2)11(14)6-10(8)13(3-4-13)7-12(15)16/h5-6H,3-4,7H2,1-2H3,(H,15,16). The smallest absolute Gasteiger partial charge is 0.304 e. The number of aryl methyl sites for hydroxylation is 2. The van der Waals surface area contributed by atoms with Crippen LogP contribution in [0.3, 0.4) is 0 Å². The summed E-state index contributed by atoms with van der Waals surface area (Å²) in [7, 11) is 0. The number of carboxylic acids is 1. The zero-order chi connectivity index (χ0) is 11.9. The van der Waals surface area contributed by atoms with Gasteiger partial charge in [0.05, 0.1) is 6.42 Å². The van der Waals surface area contributed by atoms with Gasteiger partial charge in [-0.1, -0.05) is 17.7 Å². The molecule has 1 fully saturated rings. The average Bonchev–Trinajstić information content (AvgIpc) is 2.91. The maximum Gasteiger partial charge on any atom is 0.304 e. The van der Waals surface area contributed by atoms with Crippen LogP contribution in [0.25, 0.3) is 0 Å². The van der Waals surface area contributed by atoms with Gasteiger partial charge in [0.1, 0.15) is 0 Å². The summed E-state index contributed by atoms with van der Waals surface area (Å²) in [6.45, 7) is 4.00. The molecule has 2 nitrogen and oxygen atoms in total. The predicted octanol–water partition coefficient (Wildman–Crippen LogP) is 3.46. The first-order chi connectivity index (χ1) is 7.44. The van der Waals surface area contributed by atoms with E-state index in [1.54, 1.807) is 0 Å². The number of halogens is 1. The monoisotopic (exact) mass is 238 g/mol. The van der Waals surface area contributed by atoms with Crippen molar-refractivity contribution >= 4 is 17.6 Å². The number of hydrogen-bond acceptors (Lipinski definition) is 1. The van der Waals surface area contributed by atoms with Gasteiger partial charge >= 0.3 is 5.97 Å². The lowest BCUT2D eigenvalue weighted by molar-refractivity contribution is -0.137. The summed E-state index contributed by atoms with van der Waals surface area (Å²) in [6, 6.07) is 3.99. The van der Waals surface area contributed by atoms with Crippen molar-refractivity contribution in [3.05, 3.63) is 33.8 Å². The van der Waals surface area contributed by atoms with Gasteiger partial charge in [-0.2, -0.15) is 0 Å². The molecule has 0 radical (unpaired) electrons. The summed E-state index contributed by atoms with van der Waals surface area (Å²) in [5, 5.41) is 9.67. The second-order valence-corrected chi connectivity index (χ2v) is 5.17. The predicted molar refractivity (Wildman–Crippen MR) is 64.1 cm³/mol. The first kappa shape index (κ1) is 11.5. The fraction of sp³-hybridized carbons (Fsp3) is 0.462. The van der Waals surface area contributed by atoms with E-state index in [1.807, 2.05) is 26.0 Å². The third kappa shape index (κ3) is 1.94. The topological polar surface area (TPSA) is 37.3 Å². The van der Waals surface area contributed by atoms with E-state index in [0.717, 1.165) is 34.6 Å². The highest BCUT2D eigenvalue weighted by Crippen LogP contribution is 2.52. The van der Waals surface area contributed by atoms with Gasteiger partial charge < -0.3 is 5.11 Å². The van der Waals surface area contributed by atoms with E-state index < -0.39 is 5.97 Å². The molecule has 0 heterocycles. The molecule has 1 aromatic rings. The number of carboxylic acid groups (broad SMARTS) is 1. The first-order valence-corrected chi connectivity index (χ1v) is 5.81. The number of hydrogen-bond donors (Lipinski definition) is 1. The molecule has 0 bridgehead atoms. The lowest BCUT2D eigenvalue weighted by Gasteiger charge is -2.17. The molecule has 16 heavy (non-hydrogen) atoms. The Balaban J connectivity index is 2.41. The third-order valence-electron chi connectivity index (χ3n) is 3.42. The normalized spacial score (nSPS) is 17.2. The molecule has 1 aliphatic rings. The van der Waals surface area contributed by atoms with Crippen LogP contribution in [-0.4, -0.2) is 11.1 Å². The Kier molecular flexibility index (Phi) is 2.70. The highest BCUT2D eigenvalue weighted by atomic mass is 35.5. The van der Waals surface area contributed by atoms with Crippen molar-refractivity contribution in [2.24, 2.45) is 0 Å². The highest BCUT2D eigenvalue weighted by molar-refractivity contribution is 6.31. The van der Waals surface area contributed by atoms with Crippen molar-refractivity contribution < 1.29 is 9.90 Å². The minimum absolute atomic E-state index is 0.146. The second kappa shape index (κ2) is 3.77. The van der Waals surface area contributed by atoms with E-state index in [2.05, 4.69) is 0 Å². The van der Waals surface area contributed by atoms with Gasteiger partial charge in [-0.3, -0.25) is 4.79 Å². The second-order valence-electron chi connectivity index (χ2n) is 4.77. The van der Waals surface area contributed by atoms with Gasteiger partial charge in [0.25, 0.3) is 0 Å². The summed E-state index contributed by atoms with van der Waals surface area (Å²) >= 11 is 6.11. The molecule has 0 saturated heterocycles. The fourth-order valence-electron chi connectivity index (χ4n) is 2.38. The Bertz CT molecular complexity index is 447. The van der Waals surface area contributed by atoms with Crippen molar-refractivity contribution in [1.29, 1.82) is 0 Å². The molecule has 1 saturated carbocycles. The van der Waals surface area contributed by atoms with E-state index in [0.29, 0.717) is 0 Å². The maximum absolute atomic E-state index is 10.9. The fourth-order valence-corrected chi connectivity index (χ4v) is 2.54. The zero-order valence-corrected chi connectivity index (χ0v) is 10.3. The molecule has 0 unspecified atom stereocenters. The van der Waals surface area contributed by atoms with E-state index in [1.165, 1.54) is 0 Å². The van der Waals surface area contributed by atoms with Crippen molar-refractivity contribution in [3.8, 4) is 0 Å². The van der Waals surface area contributed by atoms with E-state index >= 15 is 0 Å². The van der Waals surface area contributed by atoms with Gasteiger partial charge in [0, 0.05) is 10.4 Å². The summed E-state index contributed by atoms with van der Waals surface area (Å²) in [5.74, 6) is -0.728. The third-order valence-corrected chi connectivity index (χ3v) is 3.83. The number of aliphatic carboxylic acids is 1. The van der Waals surface area contributed by atoms with Crippen LogP contribution in [0.5, 0.6) is 0 Å². The van der Waals surface area contributed by atoms with Crippen LogP contribution in [0.15, 0.2) is 12.1 Å². The Labute approximate surface area is 100 Å². The van der Waals surface area contributed by atoms with Crippen molar-refractivity contribution in [3.63, 3.8) is 0 Å². The van der Waals surface area contributed by atoms with Crippen LogP contribution in [-0.2, 0) is 10.2 Å². The molecule has 3 heteroatoms. The molecule has 0 aromatic heterocycles. The number of benzene rings is 1. The van der Waals surface area contributed by atoms with Crippen LogP contribution >= 0.6 is 11.6 Å². The lowest BCUT2D eigenvalue weighted by atomic mass is 9.88. The van der Waals surface area contributed by atoms with Gasteiger partial charge in [0.2, 0.25) is 0 Å². The summed E-state index contributed by atoms with van der Waals surface area (Å²) in [5.41, 5.74) is 3.17. The van der Waals surface area contributed by atoms with Crippen LogP contribution < -0.4 is 0 Å². The quantitative estimate of drug-likeness (QED) is 0.876. The Morgan fingerprint density at radius 3 is 2.50 bits per heavy atom. The molecule has 86 valence electrons. The van der Waals surface area contributed by atoms with Crippen molar-refractivity contribution in [2.75, 3.05) is 0 Å². The zero-order valence-electron chi connectivity index (χ0n) is 9.51. The maximum atomic E-state index is 10.9. The molecule has 1 N–H and O–H groups in total. The van der Waals surface area contributed by atoms with E-state index in [9.17, 15) is 4.79 Å². The Morgan fingerprint density at radius 1 is 1.38 bits per heavy atom. The van der Waals surface area contributed by atoms with Crippen molar-refractivity contribution in [2.45, 2.75) is 38.5 Å². The summed E-state index contributed by atoms with van der Waals surface area (Å²) < 4.78 is 0. The van der Waals surface area contributed by atoms with Crippen LogP contribution in [0.4, 0.5) is 0 Å². The summed E-state index contributed by atoms with van der Waals surface area (Å²) in [6.07, 6.45) is 2.13. The van der Waals surface area contributed by atoms with Gasteiger partial charge in [0.15, 0.2) is 0 Å². The summed E-state index contributed by atoms with van der Waals surface area (Å²) in [4.78, 5) is 10.9. The first-order valence-electron chi connectivity index (χ1n) is 5.44. The van der Waals surface area contributed by atoms with Crippen molar-refractivity contribution in [1.82, 2.24) is 0 Å². The molecule has 2 rings (SSSR count).